The van der Waals surface area contributed by atoms with Gasteiger partial charge in [-0.05, 0) is 80.6 Å². The maximum absolute atomic E-state index is 9.00. The summed E-state index contributed by atoms with van der Waals surface area (Å²) in [5.74, 6) is 1.05. The average Bonchev–Trinajstić information content (AvgIpc) is 3.35. The highest BCUT2D eigenvalue weighted by molar-refractivity contribution is 7.15. The van der Waals surface area contributed by atoms with Gasteiger partial charge in [0.25, 0.3) is 5.97 Å². The molecule has 6 heteroatoms. The summed E-state index contributed by atoms with van der Waals surface area (Å²) in [4.78, 5) is 15.1. The molecule has 1 heterocycles. The van der Waals surface area contributed by atoms with Crippen LogP contribution in [-0.4, -0.2) is 29.3 Å². The third-order valence-electron chi connectivity index (χ3n) is 4.98. The number of aliphatic carboxylic acids is 1. The molecule has 1 aliphatic carbocycles. The van der Waals surface area contributed by atoms with Crippen LogP contribution in [0.4, 0.5) is 0 Å². The maximum atomic E-state index is 9.00. The second-order valence-corrected chi connectivity index (χ2v) is 8.58. The van der Waals surface area contributed by atoms with E-state index < -0.39 is 5.97 Å². The lowest BCUT2D eigenvalue weighted by Gasteiger charge is -2.07. The summed E-state index contributed by atoms with van der Waals surface area (Å²) in [6.45, 7) is 6.56. The van der Waals surface area contributed by atoms with Gasteiger partial charge in [-0.3, -0.25) is 4.79 Å². The molecule has 0 radical (unpaired) electrons. The van der Waals surface area contributed by atoms with Crippen molar-refractivity contribution in [1.82, 2.24) is 4.98 Å². The quantitative estimate of drug-likeness (QED) is 0.510. The van der Waals surface area contributed by atoms with E-state index in [0.717, 1.165) is 41.1 Å². The molecule has 1 aromatic heterocycles. The van der Waals surface area contributed by atoms with Crippen LogP contribution < -0.4 is 9.47 Å². The monoisotopic (exact) mass is 439 g/mol. The second-order valence-electron chi connectivity index (χ2n) is 7.38. The number of carboxylic acids is 1. The summed E-state index contributed by atoms with van der Waals surface area (Å²) in [6, 6.07) is 14.7. The van der Waals surface area contributed by atoms with Crippen molar-refractivity contribution in [1.29, 1.82) is 0 Å². The fourth-order valence-corrected chi connectivity index (χ4v) is 4.51. The first-order chi connectivity index (χ1) is 15.0. The molecule has 5 nitrogen and oxygen atoms in total. The molecule has 0 amide bonds. The Hall–Kier alpha value is -2.86. The van der Waals surface area contributed by atoms with E-state index >= 15 is 0 Å². The van der Waals surface area contributed by atoms with Crippen LogP contribution in [0.3, 0.4) is 0 Å². The lowest BCUT2D eigenvalue weighted by molar-refractivity contribution is -0.134. The van der Waals surface area contributed by atoms with E-state index in [1.165, 1.54) is 35.3 Å². The summed E-state index contributed by atoms with van der Waals surface area (Å²) in [7, 11) is 0. The van der Waals surface area contributed by atoms with Crippen LogP contribution in [0.2, 0.25) is 0 Å². The predicted octanol–water partition coefficient (Wildman–Crippen LogP) is 5.72. The van der Waals surface area contributed by atoms with E-state index in [1.54, 1.807) is 11.3 Å². The number of thiazole rings is 1. The van der Waals surface area contributed by atoms with Gasteiger partial charge in [0.05, 0.1) is 18.9 Å². The number of hydrogen-bond donors (Lipinski definition) is 1. The largest absolute Gasteiger partial charge is 0.494 e. The molecule has 0 saturated carbocycles. The number of carbonyl (C=O) groups is 1. The Morgan fingerprint density at radius 2 is 1.74 bits per heavy atom. The molecule has 0 spiro atoms. The molecule has 0 aliphatic heterocycles. The molecular weight excluding hydrogens is 410 g/mol. The normalized spacial score (nSPS) is 12.0. The van der Waals surface area contributed by atoms with Crippen molar-refractivity contribution in [2.75, 3.05) is 13.2 Å². The minimum Gasteiger partial charge on any atom is -0.494 e. The first kappa shape index (κ1) is 22.8. The minimum absolute atomic E-state index is 0.659. The van der Waals surface area contributed by atoms with Crippen molar-refractivity contribution in [2.45, 2.75) is 46.5 Å². The summed E-state index contributed by atoms with van der Waals surface area (Å²) in [5, 5.41) is 8.48. The molecule has 1 aliphatic rings. The molecule has 3 aromatic rings. The Kier molecular flexibility index (Phi) is 8.06. The molecule has 1 N–H and O–H groups in total. The first-order valence-electron chi connectivity index (χ1n) is 10.6. The van der Waals surface area contributed by atoms with Crippen molar-refractivity contribution >= 4 is 17.3 Å². The van der Waals surface area contributed by atoms with Gasteiger partial charge < -0.3 is 14.6 Å². The Morgan fingerprint density at radius 3 is 2.45 bits per heavy atom. The van der Waals surface area contributed by atoms with E-state index in [-0.39, 0.29) is 0 Å². The average molecular weight is 440 g/mol. The number of benzene rings is 2. The molecule has 0 unspecified atom stereocenters. The van der Waals surface area contributed by atoms with Crippen LogP contribution in [0.15, 0.2) is 42.5 Å². The number of carboxylic acid groups (broad SMARTS) is 1. The number of fused-ring (bicyclic) bond motifs is 1. The fourth-order valence-electron chi connectivity index (χ4n) is 3.55. The number of hydrogen-bond acceptors (Lipinski definition) is 5. The van der Waals surface area contributed by atoms with Crippen molar-refractivity contribution in [2.24, 2.45) is 0 Å². The van der Waals surface area contributed by atoms with Gasteiger partial charge in [0.15, 0.2) is 0 Å². The summed E-state index contributed by atoms with van der Waals surface area (Å²) < 4.78 is 11.5. The van der Waals surface area contributed by atoms with Gasteiger partial charge in [-0.25, -0.2) is 4.98 Å². The van der Waals surface area contributed by atoms with Crippen LogP contribution in [0, 0.1) is 6.92 Å². The van der Waals surface area contributed by atoms with E-state index in [2.05, 4.69) is 37.3 Å². The Bertz CT molecular complexity index is 1010. The standard InChI is InChI=1S/C23H25NO2S.C2H4O2/c1-3-25-20-10-8-18(9-11-20)23-24-22(16(2)27-23)13-14-26-21-12-7-17-5-4-6-19(17)15-21;1-2(3)4/h7-12,15H,3-6,13-14H2,1-2H3;1H3,(H,3,4). The number of aryl methyl sites for hydroxylation is 3. The van der Waals surface area contributed by atoms with Gasteiger partial charge >= 0.3 is 0 Å². The Morgan fingerprint density at radius 1 is 1.06 bits per heavy atom. The third-order valence-corrected chi connectivity index (χ3v) is 6.04. The van der Waals surface area contributed by atoms with Crippen LogP contribution in [0.1, 0.15) is 42.0 Å². The maximum Gasteiger partial charge on any atom is 0.300 e. The summed E-state index contributed by atoms with van der Waals surface area (Å²) in [6.07, 6.45) is 4.49. The number of rotatable bonds is 7. The van der Waals surface area contributed by atoms with Crippen LogP contribution in [-0.2, 0) is 24.1 Å². The number of ether oxygens (including phenoxy) is 2. The van der Waals surface area contributed by atoms with Crippen molar-refractivity contribution in [3.63, 3.8) is 0 Å². The van der Waals surface area contributed by atoms with E-state index in [1.807, 2.05) is 19.1 Å². The van der Waals surface area contributed by atoms with Gasteiger partial charge in [0, 0.05) is 23.8 Å². The van der Waals surface area contributed by atoms with Crippen LogP contribution >= 0.6 is 11.3 Å². The molecular formula is C25H29NO4S. The van der Waals surface area contributed by atoms with Gasteiger partial charge in [-0.2, -0.15) is 0 Å². The molecule has 31 heavy (non-hydrogen) atoms. The number of aromatic nitrogens is 1. The Balaban J connectivity index is 0.000000628. The zero-order valence-corrected chi connectivity index (χ0v) is 19.1. The smallest absolute Gasteiger partial charge is 0.300 e. The molecule has 2 aromatic carbocycles. The van der Waals surface area contributed by atoms with Crippen molar-refractivity contribution in [3.05, 3.63) is 64.2 Å². The second kappa shape index (κ2) is 11.0. The molecule has 0 atom stereocenters. The van der Waals surface area contributed by atoms with E-state index in [4.69, 9.17) is 24.4 Å². The zero-order valence-electron chi connectivity index (χ0n) is 18.3. The highest BCUT2D eigenvalue weighted by atomic mass is 32.1. The van der Waals surface area contributed by atoms with E-state index in [9.17, 15) is 0 Å². The molecule has 0 bridgehead atoms. The van der Waals surface area contributed by atoms with Gasteiger partial charge in [0.2, 0.25) is 0 Å². The SMILES string of the molecule is CC(=O)O.CCOc1ccc(-c2nc(CCOc3ccc4c(c3)CCC4)c(C)s2)cc1. The lowest BCUT2D eigenvalue weighted by atomic mass is 10.1. The highest BCUT2D eigenvalue weighted by Gasteiger charge is 2.12. The molecule has 164 valence electrons. The first-order valence-corrected chi connectivity index (χ1v) is 11.4. The minimum atomic E-state index is -0.833. The molecule has 0 fully saturated rings. The van der Waals surface area contributed by atoms with Gasteiger partial charge in [-0.1, -0.05) is 6.07 Å². The van der Waals surface area contributed by atoms with Crippen molar-refractivity contribution in [3.8, 4) is 22.1 Å². The summed E-state index contributed by atoms with van der Waals surface area (Å²) in [5.41, 5.74) is 5.20. The Labute approximate surface area is 187 Å². The van der Waals surface area contributed by atoms with Gasteiger partial charge in [-0.15, -0.1) is 11.3 Å². The fraction of sp³-hybridized carbons (Fsp3) is 0.360. The van der Waals surface area contributed by atoms with Crippen LogP contribution in [0.25, 0.3) is 10.6 Å². The van der Waals surface area contributed by atoms with Gasteiger partial charge in [0.1, 0.15) is 16.5 Å². The lowest BCUT2D eigenvalue weighted by Crippen LogP contribution is -2.03. The van der Waals surface area contributed by atoms with E-state index in [0.29, 0.717) is 13.2 Å². The third kappa shape index (κ3) is 6.56. The summed E-state index contributed by atoms with van der Waals surface area (Å²) >= 11 is 1.74. The zero-order chi connectivity index (χ0) is 22.2. The predicted molar refractivity (Wildman–Crippen MR) is 124 cm³/mol. The van der Waals surface area contributed by atoms with Crippen molar-refractivity contribution < 1.29 is 19.4 Å². The number of nitrogens with zero attached hydrogens (tertiary/aromatic N) is 1. The highest BCUT2D eigenvalue weighted by Crippen LogP contribution is 2.30. The van der Waals surface area contributed by atoms with Crippen LogP contribution in [0.5, 0.6) is 11.5 Å². The molecule has 4 rings (SSSR count). The topological polar surface area (TPSA) is 68.7 Å². The molecule has 0 saturated heterocycles.